The summed E-state index contributed by atoms with van der Waals surface area (Å²) in [6.07, 6.45) is 9.10. The fourth-order valence-electron chi connectivity index (χ4n) is 2.68. The van der Waals surface area contributed by atoms with Crippen molar-refractivity contribution in [3.05, 3.63) is 23.5 Å². The summed E-state index contributed by atoms with van der Waals surface area (Å²) < 4.78 is 5.91. The molecule has 1 aliphatic carbocycles. The van der Waals surface area contributed by atoms with E-state index in [1.807, 2.05) is 6.92 Å². The van der Waals surface area contributed by atoms with Gasteiger partial charge in [0.1, 0.15) is 5.76 Å². The minimum atomic E-state index is 0.297. The van der Waals surface area contributed by atoms with Crippen molar-refractivity contribution in [3.63, 3.8) is 0 Å². The van der Waals surface area contributed by atoms with Gasteiger partial charge >= 0.3 is 0 Å². The second kappa shape index (κ2) is 4.86. The number of Topliss-reactive ketones (excluding diaryl/α,β-unsaturated/α-hetero) is 1. The van der Waals surface area contributed by atoms with Crippen molar-refractivity contribution in [1.29, 1.82) is 0 Å². The van der Waals surface area contributed by atoms with Crippen molar-refractivity contribution >= 4 is 5.78 Å². The molecule has 0 aromatic heterocycles. The van der Waals surface area contributed by atoms with Crippen molar-refractivity contribution in [1.82, 2.24) is 0 Å². The van der Waals surface area contributed by atoms with Crippen LogP contribution in [0.25, 0.3) is 0 Å². The van der Waals surface area contributed by atoms with Crippen LogP contribution in [0.3, 0.4) is 0 Å². The van der Waals surface area contributed by atoms with Crippen molar-refractivity contribution in [2.75, 3.05) is 0 Å². The molecule has 2 heteroatoms. The first kappa shape index (κ1) is 11.4. The van der Waals surface area contributed by atoms with Crippen molar-refractivity contribution < 1.29 is 9.53 Å². The number of hydrogen-bond donors (Lipinski definition) is 0. The van der Waals surface area contributed by atoms with Crippen LogP contribution in [0.5, 0.6) is 0 Å². The molecule has 0 fully saturated rings. The smallest absolute Gasteiger partial charge is 0.162 e. The average molecular weight is 220 g/mol. The second-order valence-electron chi connectivity index (χ2n) is 4.63. The summed E-state index contributed by atoms with van der Waals surface area (Å²) in [5.74, 6) is 1.59. The van der Waals surface area contributed by atoms with E-state index in [1.165, 1.54) is 0 Å². The van der Waals surface area contributed by atoms with Gasteiger partial charge in [0.25, 0.3) is 0 Å². The third kappa shape index (κ3) is 2.06. The standard InChI is InChI=1S/C14H20O2/c1-3-6-10-9-11(4-2)16-13-8-5-7-12(15)14(10)13/h3,6,10-11H,4-5,7-9H2,1-2H3. The monoisotopic (exact) mass is 220 g/mol. The van der Waals surface area contributed by atoms with Gasteiger partial charge in [0.05, 0.1) is 6.10 Å². The van der Waals surface area contributed by atoms with Gasteiger partial charge in [-0.25, -0.2) is 0 Å². The largest absolute Gasteiger partial charge is 0.494 e. The van der Waals surface area contributed by atoms with Crippen LogP contribution in [0.2, 0.25) is 0 Å². The zero-order chi connectivity index (χ0) is 11.5. The van der Waals surface area contributed by atoms with Crippen LogP contribution in [0, 0.1) is 5.92 Å². The quantitative estimate of drug-likeness (QED) is 0.667. The van der Waals surface area contributed by atoms with Gasteiger partial charge in [-0.1, -0.05) is 19.1 Å². The lowest BCUT2D eigenvalue weighted by Crippen LogP contribution is -2.30. The Morgan fingerprint density at radius 2 is 2.25 bits per heavy atom. The first-order valence-corrected chi connectivity index (χ1v) is 6.32. The lowest BCUT2D eigenvalue weighted by Gasteiger charge is -2.34. The van der Waals surface area contributed by atoms with Crippen molar-refractivity contribution in [2.24, 2.45) is 5.92 Å². The molecule has 16 heavy (non-hydrogen) atoms. The molecule has 0 spiro atoms. The topological polar surface area (TPSA) is 26.3 Å². The highest BCUT2D eigenvalue weighted by Gasteiger charge is 2.33. The Hall–Kier alpha value is -1.05. The highest BCUT2D eigenvalue weighted by atomic mass is 16.5. The van der Waals surface area contributed by atoms with E-state index in [0.29, 0.717) is 24.2 Å². The van der Waals surface area contributed by atoms with E-state index in [4.69, 9.17) is 4.74 Å². The van der Waals surface area contributed by atoms with Crippen molar-refractivity contribution in [2.45, 2.75) is 52.1 Å². The summed E-state index contributed by atoms with van der Waals surface area (Å²) >= 11 is 0. The molecular weight excluding hydrogens is 200 g/mol. The van der Waals surface area contributed by atoms with Crippen LogP contribution < -0.4 is 0 Å². The molecule has 0 saturated carbocycles. The Kier molecular flexibility index (Phi) is 3.47. The highest BCUT2D eigenvalue weighted by molar-refractivity contribution is 5.97. The SMILES string of the molecule is CC=CC1CC(CC)OC2=C1C(=O)CCC2. The zero-order valence-corrected chi connectivity index (χ0v) is 10.2. The van der Waals surface area contributed by atoms with E-state index in [1.54, 1.807) is 0 Å². The van der Waals surface area contributed by atoms with Gasteiger partial charge in [0.2, 0.25) is 0 Å². The van der Waals surface area contributed by atoms with E-state index in [9.17, 15) is 4.79 Å². The summed E-state index contributed by atoms with van der Waals surface area (Å²) in [5, 5.41) is 0. The fraction of sp³-hybridized carbons (Fsp3) is 0.643. The van der Waals surface area contributed by atoms with E-state index in [2.05, 4.69) is 19.1 Å². The van der Waals surface area contributed by atoms with Crippen LogP contribution in [0.4, 0.5) is 0 Å². The maximum absolute atomic E-state index is 11.9. The predicted octanol–water partition coefficient (Wildman–Crippen LogP) is 3.38. The number of carbonyl (C=O) groups excluding carboxylic acids is 1. The Labute approximate surface area is 97.4 Å². The first-order valence-electron chi connectivity index (χ1n) is 6.32. The third-order valence-corrected chi connectivity index (χ3v) is 3.49. The molecule has 2 atom stereocenters. The molecule has 2 aliphatic rings. The summed E-state index contributed by atoms with van der Waals surface area (Å²) in [7, 11) is 0. The van der Waals surface area contributed by atoms with Crippen LogP contribution in [-0.4, -0.2) is 11.9 Å². The van der Waals surface area contributed by atoms with Crippen LogP contribution in [-0.2, 0) is 9.53 Å². The molecule has 0 amide bonds. The number of ether oxygens (including phenoxy) is 1. The maximum atomic E-state index is 11.9. The number of rotatable bonds is 2. The minimum Gasteiger partial charge on any atom is -0.494 e. The molecule has 0 aromatic carbocycles. The molecule has 1 heterocycles. The van der Waals surface area contributed by atoms with Gasteiger partial charge in [-0.15, -0.1) is 0 Å². The van der Waals surface area contributed by atoms with Gasteiger partial charge in [0.15, 0.2) is 5.78 Å². The summed E-state index contributed by atoms with van der Waals surface area (Å²) in [6.45, 7) is 4.16. The van der Waals surface area contributed by atoms with Crippen molar-refractivity contribution in [3.8, 4) is 0 Å². The third-order valence-electron chi connectivity index (χ3n) is 3.49. The van der Waals surface area contributed by atoms with Gasteiger partial charge in [-0.05, 0) is 26.2 Å². The number of carbonyl (C=O) groups is 1. The molecule has 1 aliphatic heterocycles. The van der Waals surface area contributed by atoms with E-state index < -0.39 is 0 Å². The predicted molar refractivity (Wildman–Crippen MR) is 64.0 cm³/mol. The normalized spacial score (nSPS) is 30.5. The molecule has 0 bridgehead atoms. The van der Waals surface area contributed by atoms with Gasteiger partial charge in [-0.3, -0.25) is 4.79 Å². The average Bonchev–Trinajstić information content (AvgIpc) is 2.29. The van der Waals surface area contributed by atoms with Gasteiger partial charge in [0, 0.05) is 24.3 Å². The van der Waals surface area contributed by atoms with Gasteiger partial charge in [-0.2, -0.15) is 0 Å². The molecule has 2 unspecified atom stereocenters. The number of ketones is 1. The fourth-order valence-corrected chi connectivity index (χ4v) is 2.68. The summed E-state index contributed by atoms with van der Waals surface area (Å²) in [4.78, 5) is 11.9. The summed E-state index contributed by atoms with van der Waals surface area (Å²) in [5.41, 5.74) is 0.967. The molecule has 0 N–H and O–H groups in total. The Morgan fingerprint density at radius 3 is 2.94 bits per heavy atom. The lowest BCUT2D eigenvalue weighted by atomic mass is 9.81. The first-order chi connectivity index (χ1) is 7.76. The van der Waals surface area contributed by atoms with Gasteiger partial charge < -0.3 is 4.74 Å². The Morgan fingerprint density at radius 1 is 1.44 bits per heavy atom. The maximum Gasteiger partial charge on any atom is 0.162 e. The molecular formula is C14H20O2. The molecule has 2 rings (SSSR count). The van der Waals surface area contributed by atoms with Crippen LogP contribution >= 0.6 is 0 Å². The molecule has 2 nitrogen and oxygen atoms in total. The number of hydrogen-bond acceptors (Lipinski definition) is 2. The summed E-state index contributed by atoms with van der Waals surface area (Å²) in [6, 6.07) is 0. The molecule has 0 saturated heterocycles. The van der Waals surface area contributed by atoms with E-state index >= 15 is 0 Å². The highest BCUT2D eigenvalue weighted by Crippen LogP contribution is 2.37. The lowest BCUT2D eigenvalue weighted by molar-refractivity contribution is -0.117. The molecule has 0 aromatic rings. The Balaban J connectivity index is 2.31. The minimum absolute atomic E-state index is 0.297. The molecule has 0 radical (unpaired) electrons. The zero-order valence-electron chi connectivity index (χ0n) is 10.2. The number of allylic oxidation sites excluding steroid dienone is 4. The van der Waals surface area contributed by atoms with E-state index in [0.717, 1.165) is 37.0 Å². The second-order valence-corrected chi connectivity index (χ2v) is 4.63. The Bertz CT molecular complexity index is 339. The van der Waals surface area contributed by atoms with E-state index in [-0.39, 0.29) is 0 Å². The van der Waals surface area contributed by atoms with Crippen LogP contribution in [0.1, 0.15) is 46.0 Å². The van der Waals surface area contributed by atoms with Crippen LogP contribution in [0.15, 0.2) is 23.5 Å². The molecule has 88 valence electrons.